The van der Waals surface area contributed by atoms with Gasteiger partial charge in [-0.05, 0) is 19.2 Å². The van der Waals surface area contributed by atoms with E-state index in [4.69, 9.17) is 26.0 Å². The number of rotatable bonds is 9. The van der Waals surface area contributed by atoms with Gasteiger partial charge in [0.25, 0.3) is 0 Å². The van der Waals surface area contributed by atoms with Gasteiger partial charge >= 0.3 is 13.1 Å². The lowest BCUT2D eigenvalue weighted by Gasteiger charge is -2.24. The van der Waals surface area contributed by atoms with Crippen LogP contribution in [0.4, 0.5) is 0 Å². The molecule has 0 bridgehead atoms. The van der Waals surface area contributed by atoms with Crippen molar-refractivity contribution in [3.8, 4) is 0 Å². The van der Waals surface area contributed by atoms with Crippen LogP contribution >= 0.6 is 12.4 Å². The molecule has 0 aromatic heterocycles. The molecule has 0 spiro atoms. The predicted octanol–water partition coefficient (Wildman–Crippen LogP) is -1.49. The first-order valence-electron chi connectivity index (χ1n) is 5.46. The Morgan fingerprint density at radius 1 is 1.21 bits per heavy atom. The van der Waals surface area contributed by atoms with E-state index < -0.39 is 34.4 Å². The van der Waals surface area contributed by atoms with Gasteiger partial charge in [0.1, 0.15) is 5.54 Å². The summed E-state index contributed by atoms with van der Waals surface area (Å²) in [6, 6.07) is 0. The van der Waals surface area contributed by atoms with E-state index in [0.29, 0.717) is 12.8 Å². The molecule has 0 aromatic rings. The van der Waals surface area contributed by atoms with Crippen molar-refractivity contribution in [2.45, 2.75) is 37.5 Å². The van der Waals surface area contributed by atoms with Gasteiger partial charge in [-0.25, -0.2) is 13.6 Å². The molecular formula is C8H20BClN2O6S. The Bertz CT molecular complexity index is 379. The molecule has 0 saturated carbocycles. The average molecular weight is 319 g/mol. The molecular weight excluding hydrogens is 298 g/mol. The van der Waals surface area contributed by atoms with Crippen molar-refractivity contribution in [1.82, 2.24) is 0 Å². The minimum Gasteiger partial charge on any atom is -0.480 e. The van der Waals surface area contributed by atoms with Gasteiger partial charge in [0.05, 0.1) is 5.75 Å². The topological polar surface area (TPSA) is 164 Å². The van der Waals surface area contributed by atoms with Gasteiger partial charge in [-0.3, -0.25) is 4.79 Å². The third-order valence-electron chi connectivity index (χ3n) is 2.59. The highest BCUT2D eigenvalue weighted by molar-refractivity contribution is 7.89. The fraction of sp³-hybridized carbons (Fsp3) is 0.875. The van der Waals surface area contributed by atoms with E-state index in [1.54, 1.807) is 0 Å². The second-order valence-electron chi connectivity index (χ2n) is 4.30. The maximum Gasteiger partial charge on any atom is 0.451 e. The number of unbranched alkanes of at least 4 members (excludes halogenated alkanes) is 1. The van der Waals surface area contributed by atoms with Gasteiger partial charge < -0.3 is 20.9 Å². The fourth-order valence-electron chi connectivity index (χ4n) is 1.43. The van der Waals surface area contributed by atoms with Crippen LogP contribution in [-0.2, 0) is 14.8 Å². The Morgan fingerprint density at radius 2 is 1.74 bits per heavy atom. The molecule has 0 aliphatic carbocycles. The van der Waals surface area contributed by atoms with Crippen molar-refractivity contribution in [3.63, 3.8) is 0 Å². The first-order valence-corrected chi connectivity index (χ1v) is 7.17. The smallest absolute Gasteiger partial charge is 0.451 e. The maximum atomic E-state index is 11.0. The Hall–Kier alpha value is -0.385. The highest BCUT2D eigenvalue weighted by Crippen LogP contribution is 2.18. The largest absolute Gasteiger partial charge is 0.480 e. The van der Waals surface area contributed by atoms with Crippen LogP contribution in [0.25, 0.3) is 0 Å². The molecule has 1 unspecified atom stereocenters. The third kappa shape index (κ3) is 10.1. The number of hydrogen-bond donors (Lipinski definition) is 5. The highest BCUT2D eigenvalue weighted by Gasteiger charge is 2.34. The molecule has 0 aromatic carbocycles. The molecule has 0 radical (unpaired) electrons. The zero-order chi connectivity index (χ0) is 14.4. The van der Waals surface area contributed by atoms with Crippen LogP contribution in [0.1, 0.15) is 25.7 Å². The summed E-state index contributed by atoms with van der Waals surface area (Å²) in [6.45, 7) is 0. The minimum atomic E-state index is -3.76. The molecule has 0 heterocycles. The summed E-state index contributed by atoms with van der Waals surface area (Å²) in [5, 5.41) is 31.0. The molecule has 0 aliphatic heterocycles. The van der Waals surface area contributed by atoms with Crippen molar-refractivity contribution in [1.29, 1.82) is 0 Å². The quantitative estimate of drug-likeness (QED) is 0.255. The predicted molar refractivity (Wildman–Crippen MR) is 73.2 cm³/mol. The zero-order valence-corrected chi connectivity index (χ0v) is 12.0. The number of halogens is 1. The van der Waals surface area contributed by atoms with Crippen LogP contribution in [-0.4, -0.2) is 48.0 Å². The standard InChI is InChI=1S/C8H19BN2O6S.ClH/c10-8(7(12)13,4-6-18(11,16)17)3-1-2-5-9(14)15;/h14-15H,1-6,10H2,(H,12,13)(H2,11,16,17);1H. The lowest BCUT2D eigenvalue weighted by Crippen LogP contribution is -2.49. The lowest BCUT2D eigenvalue weighted by atomic mass is 9.81. The molecule has 7 N–H and O–H groups in total. The third-order valence-corrected chi connectivity index (χ3v) is 3.37. The van der Waals surface area contributed by atoms with E-state index in [-0.39, 0.29) is 31.6 Å². The van der Waals surface area contributed by atoms with Crippen molar-refractivity contribution in [2.24, 2.45) is 10.9 Å². The molecule has 0 amide bonds. The van der Waals surface area contributed by atoms with Gasteiger partial charge in [0.2, 0.25) is 10.0 Å². The Morgan fingerprint density at radius 3 is 2.11 bits per heavy atom. The Kier molecular flexibility index (Phi) is 9.60. The first-order chi connectivity index (χ1) is 8.07. The number of carboxylic acids is 1. The maximum absolute atomic E-state index is 11.0. The summed E-state index contributed by atoms with van der Waals surface area (Å²) < 4.78 is 21.6. The van der Waals surface area contributed by atoms with Gasteiger partial charge in [-0.1, -0.05) is 12.8 Å². The van der Waals surface area contributed by atoms with Crippen molar-refractivity contribution >= 4 is 35.5 Å². The van der Waals surface area contributed by atoms with Gasteiger partial charge in [-0.15, -0.1) is 12.4 Å². The van der Waals surface area contributed by atoms with E-state index >= 15 is 0 Å². The van der Waals surface area contributed by atoms with E-state index in [1.807, 2.05) is 0 Å². The van der Waals surface area contributed by atoms with Gasteiger partial charge in [-0.2, -0.15) is 0 Å². The number of sulfonamides is 1. The van der Waals surface area contributed by atoms with E-state index in [1.165, 1.54) is 0 Å². The van der Waals surface area contributed by atoms with Crippen molar-refractivity contribution < 1.29 is 28.4 Å². The summed E-state index contributed by atoms with van der Waals surface area (Å²) in [5.41, 5.74) is 3.96. The molecule has 8 nitrogen and oxygen atoms in total. The molecule has 11 heteroatoms. The van der Waals surface area contributed by atoms with Crippen LogP contribution < -0.4 is 10.9 Å². The second kappa shape index (κ2) is 8.72. The van der Waals surface area contributed by atoms with E-state index in [0.717, 1.165) is 0 Å². The van der Waals surface area contributed by atoms with E-state index in [9.17, 15) is 13.2 Å². The summed E-state index contributed by atoms with van der Waals surface area (Å²) in [5.74, 6) is -1.80. The molecule has 0 aliphatic rings. The molecule has 0 fully saturated rings. The molecule has 1 atom stereocenters. The summed E-state index contributed by atoms with van der Waals surface area (Å²) >= 11 is 0. The summed E-state index contributed by atoms with van der Waals surface area (Å²) in [4.78, 5) is 11.0. The van der Waals surface area contributed by atoms with Gasteiger partial charge in [0.15, 0.2) is 0 Å². The minimum absolute atomic E-state index is 0. The number of carboxylic acid groups (broad SMARTS) is 1. The second-order valence-corrected chi connectivity index (χ2v) is 6.04. The monoisotopic (exact) mass is 318 g/mol. The zero-order valence-electron chi connectivity index (χ0n) is 10.4. The van der Waals surface area contributed by atoms with Crippen LogP contribution in [0.2, 0.25) is 6.32 Å². The Balaban J connectivity index is 0. The summed E-state index contributed by atoms with van der Waals surface area (Å²) in [7, 11) is -5.20. The van der Waals surface area contributed by atoms with Crippen LogP contribution in [0.15, 0.2) is 0 Å². The average Bonchev–Trinajstić information content (AvgIpc) is 2.20. The lowest BCUT2D eigenvalue weighted by molar-refractivity contribution is -0.143. The number of hydrogen-bond acceptors (Lipinski definition) is 6. The SMILES string of the molecule is Cl.NC(CCCCB(O)O)(CCS(N)(=O)=O)C(=O)O. The number of carbonyl (C=O) groups is 1. The molecule has 19 heavy (non-hydrogen) atoms. The van der Waals surface area contributed by atoms with Crippen LogP contribution in [0.5, 0.6) is 0 Å². The molecule has 114 valence electrons. The van der Waals surface area contributed by atoms with Crippen LogP contribution in [0, 0.1) is 0 Å². The molecule has 0 saturated heterocycles. The van der Waals surface area contributed by atoms with Crippen LogP contribution in [0.3, 0.4) is 0 Å². The highest BCUT2D eigenvalue weighted by atomic mass is 35.5. The summed E-state index contributed by atoms with van der Waals surface area (Å²) in [6.07, 6.45) is 0.628. The Labute approximate surface area is 118 Å². The van der Waals surface area contributed by atoms with E-state index in [2.05, 4.69) is 0 Å². The fourth-order valence-corrected chi connectivity index (χ4v) is 2.08. The number of primary sulfonamides is 1. The first kappa shape index (κ1) is 20.9. The van der Waals surface area contributed by atoms with Crippen molar-refractivity contribution in [3.05, 3.63) is 0 Å². The van der Waals surface area contributed by atoms with Gasteiger partial charge in [0, 0.05) is 0 Å². The number of nitrogens with two attached hydrogens (primary N) is 2. The van der Waals surface area contributed by atoms with Crippen molar-refractivity contribution in [2.75, 3.05) is 5.75 Å². The normalized spacial score (nSPS) is 14.3. The number of aliphatic carboxylic acids is 1. The molecule has 0 rings (SSSR count).